The second kappa shape index (κ2) is 6.58. The maximum Gasteiger partial charge on any atom is 0.218 e. The van der Waals surface area contributed by atoms with E-state index < -0.39 is 0 Å². The molecule has 124 valence electrons. The topological polar surface area (TPSA) is 63.7 Å². The molecule has 1 unspecified atom stereocenters. The molecular weight excluding hydrogens is 336 g/mol. The standard InChI is InChI=1S/C19H15ClN4O/c20-15-4-5-16-14(11-15)2-1-3-17(16)25-19-7-9-23-24(19)18-10-13(12-21)6-8-22-18/h4-11,17H,1-3H2. The van der Waals surface area contributed by atoms with Gasteiger partial charge in [0, 0.05) is 23.4 Å². The zero-order valence-corrected chi connectivity index (χ0v) is 14.1. The SMILES string of the molecule is N#Cc1ccnc(-n2nccc2OC2CCCc3cc(Cl)ccc32)c1. The van der Waals surface area contributed by atoms with Gasteiger partial charge < -0.3 is 4.74 Å². The van der Waals surface area contributed by atoms with Gasteiger partial charge in [-0.25, -0.2) is 4.98 Å². The van der Waals surface area contributed by atoms with Crippen molar-refractivity contribution in [2.75, 3.05) is 0 Å². The van der Waals surface area contributed by atoms with Gasteiger partial charge in [-0.1, -0.05) is 17.7 Å². The number of nitriles is 1. The van der Waals surface area contributed by atoms with E-state index in [0.29, 0.717) is 17.3 Å². The van der Waals surface area contributed by atoms with Crippen molar-refractivity contribution >= 4 is 11.6 Å². The van der Waals surface area contributed by atoms with Gasteiger partial charge in [0.05, 0.1) is 17.8 Å². The fourth-order valence-electron chi connectivity index (χ4n) is 3.16. The van der Waals surface area contributed by atoms with E-state index in [2.05, 4.69) is 16.2 Å². The molecule has 25 heavy (non-hydrogen) atoms. The molecule has 2 heterocycles. The van der Waals surface area contributed by atoms with Crippen LogP contribution < -0.4 is 4.74 Å². The van der Waals surface area contributed by atoms with Crippen LogP contribution in [0.1, 0.15) is 35.6 Å². The summed E-state index contributed by atoms with van der Waals surface area (Å²) in [6.07, 6.45) is 6.22. The Balaban J connectivity index is 1.66. The summed E-state index contributed by atoms with van der Waals surface area (Å²) in [5.74, 6) is 1.17. The number of rotatable bonds is 3. The predicted octanol–water partition coefficient (Wildman–Crippen LogP) is 4.25. The fraction of sp³-hybridized carbons (Fsp3) is 0.211. The third-order valence-electron chi connectivity index (χ3n) is 4.33. The minimum absolute atomic E-state index is 0.0457. The monoisotopic (exact) mass is 350 g/mol. The number of fused-ring (bicyclic) bond motifs is 1. The Morgan fingerprint density at radius 2 is 2.12 bits per heavy atom. The van der Waals surface area contributed by atoms with E-state index in [9.17, 15) is 0 Å². The van der Waals surface area contributed by atoms with E-state index in [4.69, 9.17) is 21.6 Å². The molecule has 1 atom stereocenters. The van der Waals surface area contributed by atoms with Gasteiger partial charge in [-0.3, -0.25) is 0 Å². The minimum atomic E-state index is -0.0457. The molecule has 3 aromatic rings. The molecule has 0 saturated carbocycles. The molecule has 4 rings (SSSR count). The summed E-state index contributed by atoms with van der Waals surface area (Å²) in [7, 11) is 0. The van der Waals surface area contributed by atoms with Crippen LogP contribution in [0.25, 0.3) is 5.82 Å². The van der Waals surface area contributed by atoms with E-state index in [0.717, 1.165) is 24.3 Å². The van der Waals surface area contributed by atoms with Crippen LogP contribution in [0.5, 0.6) is 5.88 Å². The molecule has 0 N–H and O–H groups in total. The van der Waals surface area contributed by atoms with Crippen molar-refractivity contribution in [2.24, 2.45) is 0 Å². The van der Waals surface area contributed by atoms with Gasteiger partial charge in [-0.2, -0.15) is 15.0 Å². The molecule has 2 aromatic heterocycles. The number of hydrogen-bond acceptors (Lipinski definition) is 4. The van der Waals surface area contributed by atoms with Crippen LogP contribution in [0.4, 0.5) is 0 Å². The van der Waals surface area contributed by atoms with Crippen molar-refractivity contribution in [3.05, 3.63) is 70.5 Å². The molecule has 1 aliphatic rings. The average molecular weight is 351 g/mol. The van der Waals surface area contributed by atoms with Crippen LogP contribution in [0.2, 0.25) is 5.02 Å². The third kappa shape index (κ3) is 3.09. The lowest BCUT2D eigenvalue weighted by Crippen LogP contribution is -2.17. The quantitative estimate of drug-likeness (QED) is 0.708. The molecule has 0 spiro atoms. The van der Waals surface area contributed by atoms with Crippen LogP contribution in [0.15, 0.2) is 48.8 Å². The lowest BCUT2D eigenvalue weighted by atomic mass is 9.89. The third-order valence-corrected chi connectivity index (χ3v) is 4.56. The average Bonchev–Trinajstić information content (AvgIpc) is 3.10. The smallest absolute Gasteiger partial charge is 0.218 e. The fourth-order valence-corrected chi connectivity index (χ4v) is 3.36. The van der Waals surface area contributed by atoms with Gasteiger partial charge in [-0.15, -0.1) is 0 Å². The maximum atomic E-state index is 9.07. The molecule has 1 aromatic carbocycles. The van der Waals surface area contributed by atoms with Crippen molar-refractivity contribution in [2.45, 2.75) is 25.4 Å². The van der Waals surface area contributed by atoms with Gasteiger partial charge in [0.25, 0.3) is 0 Å². The number of halogens is 1. The Bertz CT molecular complexity index is 960. The van der Waals surface area contributed by atoms with Gasteiger partial charge >= 0.3 is 0 Å². The van der Waals surface area contributed by atoms with Gasteiger partial charge in [0.15, 0.2) is 5.82 Å². The Hall–Kier alpha value is -2.84. The number of aromatic nitrogens is 3. The Kier molecular flexibility index (Phi) is 4.12. The van der Waals surface area contributed by atoms with Crippen molar-refractivity contribution in [3.63, 3.8) is 0 Å². The lowest BCUT2D eigenvalue weighted by Gasteiger charge is -2.26. The molecule has 0 radical (unpaired) electrons. The van der Waals surface area contributed by atoms with Crippen molar-refractivity contribution in [1.82, 2.24) is 14.8 Å². The summed E-state index contributed by atoms with van der Waals surface area (Å²) in [6.45, 7) is 0. The maximum absolute atomic E-state index is 9.07. The second-order valence-corrected chi connectivity index (χ2v) is 6.37. The molecule has 0 saturated heterocycles. The van der Waals surface area contributed by atoms with E-state index in [-0.39, 0.29) is 6.10 Å². The molecule has 5 nitrogen and oxygen atoms in total. The highest BCUT2D eigenvalue weighted by Gasteiger charge is 2.23. The number of aryl methyl sites for hydroxylation is 1. The molecule has 0 aliphatic heterocycles. The number of benzene rings is 1. The number of pyridine rings is 1. The zero-order chi connectivity index (χ0) is 17.2. The van der Waals surface area contributed by atoms with Gasteiger partial charge in [0.2, 0.25) is 5.88 Å². The highest BCUT2D eigenvalue weighted by molar-refractivity contribution is 6.30. The molecule has 0 bridgehead atoms. The summed E-state index contributed by atoms with van der Waals surface area (Å²) in [4.78, 5) is 4.29. The van der Waals surface area contributed by atoms with Crippen LogP contribution in [-0.4, -0.2) is 14.8 Å². The number of ether oxygens (including phenoxy) is 1. The van der Waals surface area contributed by atoms with E-state index in [1.807, 2.05) is 24.3 Å². The lowest BCUT2D eigenvalue weighted by molar-refractivity contribution is 0.170. The van der Waals surface area contributed by atoms with Crippen molar-refractivity contribution < 1.29 is 4.74 Å². The van der Waals surface area contributed by atoms with Gasteiger partial charge in [-0.05, 0) is 48.6 Å². The Morgan fingerprint density at radius 3 is 3.00 bits per heavy atom. The molecule has 0 amide bonds. The first-order chi connectivity index (χ1) is 12.2. The Morgan fingerprint density at radius 1 is 1.20 bits per heavy atom. The highest BCUT2D eigenvalue weighted by Crippen LogP contribution is 2.35. The normalized spacial score (nSPS) is 16.1. The van der Waals surface area contributed by atoms with Crippen molar-refractivity contribution in [1.29, 1.82) is 5.26 Å². The second-order valence-electron chi connectivity index (χ2n) is 5.94. The van der Waals surface area contributed by atoms with Crippen LogP contribution in [0, 0.1) is 11.3 Å². The number of nitrogens with zero attached hydrogens (tertiary/aromatic N) is 4. The summed E-state index contributed by atoms with van der Waals surface area (Å²) in [5.41, 5.74) is 2.94. The molecule has 6 heteroatoms. The largest absolute Gasteiger partial charge is 0.469 e. The summed E-state index contributed by atoms with van der Waals surface area (Å²) in [6, 6.07) is 13.2. The first-order valence-electron chi connectivity index (χ1n) is 8.10. The first kappa shape index (κ1) is 15.7. The number of hydrogen-bond donors (Lipinski definition) is 0. The highest BCUT2D eigenvalue weighted by atomic mass is 35.5. The predicted molar refractivity (Wildman–Crippen MR) is 93.8 cm³/mol. The van der Waals surface area contributed by atoms with E-state index >= 15 is 0 Å². The van der Waals surface area contributed by atoms with E-state index in [1.165, 1.54) is 11.1 Å². The summed E-state index contributed by atoms with van der Waals surface area (Å²) in [5, 5.41) is 14.1. The molecular formula is C19H15ClN4O. The minimum Gasteiger partial charge on any atom is -0.469 e. The van der Waals surface area contributed by atoms with Gasteiger partial charge in [0.1, 0.15) is 6.10 Å². The summed E-state index contributed by atoms with van der Waals surface area (Å²) < 4.78 is 7.87. The molecule has 0 fully saturated rings. The van der Waals surface area contributed by atoms with E-state index in [1.54, 1.807) is 29.2 Å². The molecule has 1 aliphatic carbocycles. The van der Waals surface area contributed by atoms with Crippen LogP contribution in [-0.2, 0) is 6.42 Å². The summed E-state index contributed by atoms with van der Waals surface area (Å²) >= 11 is 6.11. The Labute approximate surface area is 150 Å². The van der Waals surface area contributed by atoms with Crippen LogP contribution >= 0.6 is 11.6 Å². The zero-order valence-electron chi connectivity index (χ0n) is 13.4. The first-order valence-corrected chi connectivity index (χ1v) is 8.48. The van der Waals surface area contributed by atoms with Crippen LogP contribution in [0.3, 0.4) is 0 Å². The van der Waals surface area contributed by atoms with Crippen molar-refractivity contribution in [3.8, 4) is 17.8 Å².